The first-order valence-electron chi connectivity index (χ1n) is 7.76. The van der Waals surface area contributed by atoms with Gasteiger partial charge in [-0.1, -0.05) is 29.4 Å². The highest BCUT2D eigenvalue weighted by molar-refractivity contribution is 8.00. The summed E-state index contributed by atoms with van der Waals surface area (Å²) in [6.07, 6.45) is 1.63. The number of rotatable bonds is 4. The van der Waals surface area contributed by atoms with Gasteiger partial charge in [-0.2, -0.15) is 0 Å². The Morgan fingerprint density at radius 2 is 2.12 bits per heavy atom. The van der Waals surface area contributed by atoms with Crippen LogP contribution in [0.2, 0.25) is 5.02 Å². The zero-order chi connectivity index (χ0) is 17.1. The minimum absolute atomic E-state index is 0.0970. The smallest absolute Gasteiger partial charge is 0.236 e. The van der Waals surface area contributed by atoms with Crippen LogP contribution in [0.4, 0.5) is 0 Å². The van der Waals surface area contributed by atoms with E-state index in [1.807, 2.05) is 41.5 Å². The molecule has 6 nitrogen and oxygen atoms in total. The largest absolute Gasteiger partial charge is 0.378 e. The molecule has 0 aliphatic carbocycles. The highest BCUT2D eigenvalue weighted by atomic mass is 35.5. The molecule has 8 heteroatoms. The fraction of sp³-hybridized carbons (Fsp3) is 0.438. The number of morpholine rings is 1. The highest BCUT2D eigenvalue weighted by Gasteiger charge is 2.25. The molecule has 3 rings (SSSR count). The van der Waals surface area contributed by atoms with Gasteiger partial charge in [0.15, 0.2) is 5.16 Å². The van der Waals surface area contributed by atoms with E-state index in [1.165, 1.54) is 11.8 Å². The monoisotopic (exact) mass is 366 g/mol. The minimum atomic E-state index is -0.244. The summed E-state index contributed by atoms with van der Waals surface area (Å²) in [5, 5.41) is 9.25. The Labute approximate surface area is 150 Å². The second kappa shape index (κ2) is 7.55. The van der Waals surface area contributed by atoms with Gasteiger partial charge in [0.1, 0.15) is 6.33 Å². The third-order valence-corrected chi connectivity index (χ3v) is 5.35. The minimum Gasteiger partial charge on any atom is -0.378 e. The number of aromatic nitrogens is 3. The lowest BCUT2D eigenvalue weighted by Crippen LogP contribution is -2.44. The Balaban J connectivity index is 1.75. The van der Waals surface area contributed by atoms with Crippen LogP contribution in [0.15, 0.2) is 29.7 Å². The van der Waals surface area contributed by atoms with E-state index in [9.17, 15) is 4.79 Å². The molecule has 0 saturated carbocycles. The van der Waals surface area contributed by atoms with Crippen LogP contribution in [0.25, 0.3) is 5.69 Å². The number of benzene rings is 1. The van der Waals surface area contributed by atoms with E-state index < -0.39 is 0 Å². The number of hydrogen-bond donors (Lipinski definition) is 0. The molecule has 1 aromatic carbocycles. The number of hydrogen-bond acceptors (Lipinski definition) is 5. The molecule has 128 valence electrons. The third-order valence-electron chi connectivity index (χ3n) is 3.90. The maximum atomic E-state index is 12.5. The van der Waals surface area contributed by atoms with E-state index in [-0.39, 0.29) is 11.2 Å². The molecule has 1 atom stereocenters. The first-order chi connectivity index (χ1) is 11.6. The number of amides is 1. The van der Waals surface area contributed by atoms with E-state index in [0.717, 1.165) is 11.3 Å². The number of carbonyl (C=O) groups is 1. The molecule has 1 aliphatic heterocycles. The van der Waals surface area contributed by atoms with E-state index in [4.69, 9.17) is 16.3 Å². The molecule has 0 N–H and O–H groups in total. The van der Waals surface area contributed by atoms with Gasteiger partial charge in [-0.3, -0.25) is 9.36 Å². The molecule has 1 fully saturated rings. The summed E-state index contributed by atoms with van der Waals surface area (Å²) in [5.41, 5.74) is 1.89. The number of thioether (sulfide) groups is 1. The quantitative estimate of drug-likeness (QED) is 0.778. The van der Waals surface area contributed by atoms with Gasteiger partial charge in [-0.25, -0.2) is 0 Å². The molecule has 24 heavy (non-hydrogen) atoms. The molecular weight excluding hydrogens is 348 g/mol. The van der Waals surface area contributed by atoms with Crippen LogP contribution < -0.4 is 0 Å². The van der Waals surface area contributed by atoms with Crippen molar-refractivity contribution in [3.8, 4) is 5.69 Å². The van der Waals surface area contributed by atoms with Crippen LogP contribution in [0.3, 0.4) is 0 Å². The van der Waals surface area contributed by atoms with E-state index in [1.54, 1.807) is 6.33 Å². The SMILES string of the molecule is Cc1ccc(-n2cnnc2SC(C)C(=O)N2CCOCC2)cc1Cl. The van der Waals surface area contributed by atoms with Crippen molar-refractivity contribution >= 4 is 29.3 Å². The molecule has 1 aromatic heterocycles. The summed E-state index contributed by atoms with van der Waals surface area (Å²) in [7, 11) is 0. The Morgan fingerprint density at radius 3 is 2.83 bits per heavy atom. The lowest BCUT2D eigenvalue weighted by Gasteiger charge is -2.28. The standard InChI is InChI=1S/C16H19ClN4O2S/c1-11-3-4-13(9-14(11)17)21-10-18-19-16(21)24-12(2)15(22)20-5-7-23-8-6-20/h3-4,9-10,12H,5-8H2,1-2H3. The summed E-state index contributed by atoms with van der Waals surface area (Å²) in [4.78, 5) is 14.4. The normalized spacial score (nSPS) is 16.2. The van der Waals surface area contributed by atoms with Gasteiger partial charge in [-0.05, 0) is 31.5 Å². The molecule has 0 radical (unpaired) electrons. The third kappa shape index (κ3) is 3.74. The molecule has 1 saturated heterocycles. The molecular formula is C16H19ClN4O2S. The van der Waals surface area contributed by atoms with Crippen LogP contribution in [0, 0.1) is 6.92 Å². The molecule has 2 heterocycles. The van der Waals surface area contributed by atoms with Gasteiger partial charge >= 0.3 is 0 Å². The van der Waals surface area contributed by atoms with Crippen LogP contribution in [-0.2, 0) is 9.53 Å². The van der Waals surface area contributed by atoms with Gasteiger partial charge in [-0.15, -0.1) is 10.2 Å². The van der Waals surface area contributed by atoms with Crippen molar-refractivity contribution in [3.05, 3.63) is 35.1 Å². The zero-order valence-corrected chi connectivity index (χ0v) is 15.2. The molecule has 1 amide bonds. The second-order valence-electron chi connectivity index (χ2n) is 5.61. The van der Waals surface area contributed by atoms with Crippen molar-refractivity contribution in [2.75, 3.05) is 26.3 Å². The van der Waals surface area contributed by atoms with Gasteiger partial charge in [0.2, 0.25) is 5.91 Å². The topological polar surface area (TPSA) is 60.2 Å². The summed E-state index contributed by atoms with van der Waals surface area (Å²) in [5.74, 6) is 0.0970. The maximum absolute atomic E-state index is 12.5. The van der Waals surface area contributed by atoms with E-state index in [2.05, 4.69) is 10.2 Å². The fourth-order valence-electron chi connectivity index (χ4n) is 2.46. The van der Waals surface area contributed by atoms with Crippen molar-refractivity contribution < 1.29 is 9.53 Å². The molecule has 1 unspecified atom stereocenters. The number of carbonyl (C=O) groups excluding carboxylic acids is 1. The average Bonchev–Trinajstić information content (AvgIpc) is 3.05. The highest BCUT2D eigenvalue weighted by Crippen LogP contribution is 2.27. The Kier molecular flexibility index (Phi) is 5.43. The van der Waals surface area contributed by atoms with Gasteiger partial charge in [0.05, 0.1) is 24.2 Å². The van der Waals surface area contributed by atoms with Crippen LogP contribution >= 0.6 is 23.4 Å². The van der Waals surface area contributed by atoms with Gasteiger partial charge < -0.3 is 9.64 Å². The van der Waals surface area contributed by atoms with E-state index >= 15 is 0 Å². The number of ether oxygens (including phenoxy) is 1. The maximum Gasteiger partial charge on any atom is 0.236 e. The fourth-order valence-corrected chi connectivity index (χ4v) is 3.56. The Morgan fingerprint density at radius 1 is 1.38 bits per heavy atom. The molecule has 0 bridgehead atoms. The first kappa shape index (κ1) is 17.3. The average molecular weight is 367 g/mol. The van der Waals surface area contributed by atoms with Crippen molar-refractivity contribution in [1.29, 1.82) is 0 Å². The molecule has 0 spiro atoms. The predicted octanol–water partition coefficient (Wildman–Crippen LogP) is 2.57. The number of halogens is 1. The summed E-state index contributed by atoms with van der Waals surface area (Å²) < 4.78 is 7.14. The van der Waals surface area contributed by atoms with Crippen LogP contribution in [0.5, 0.6) is 0 Å². The van der Waals surface area contributed by atoms with Crippen LogP contribution in [-0.4, -0.2) is 57.1 Å². The van der Waals surface area contributed by atoms with Crippen LogP contribution in [0.1, 0.15) is 12.5 Å². The Bertz CT molecular complexity index is 731. The summed E-state index contributed by atoms with van der Waals surface area (Å²) in [6, 6.07) is 5.79. The lowest BCUT2D eigenvalue weighted by atomic mass is 10.2. The summed E-state index contributed by atoms with van der Waals surface area (Å²) in [6.45, 7) is 6.33. The molecule has 1 aliphatic rings. The second-order valence-corrected chi connectivity index (χ2v) is 7.33. The first-order valence-corrected chi connectivity index (χ1v) is 9.02. The number of aryl methyl sites for hydroxylation is 1. The van der Waals surface area contributed by atoms with Crippen molar-refractivity contribution in [1.82, 2.24) is 19.7 Å². The van der Waals surface area contributed by atoms with Crippen molar-refractivity contribution in [3.63, 3.8) is 0 Å². The summed E-state index contributed by atoms with van der Waals surface area (Å²) >= 11 is 7.60. The zero-order valence-electron chi connectivity index (χ0n) is 13.6. The van der Waals surface area contributed by atoms with Crippen molar-refractivity contribution in [2.24, 2.45) is 0 Å². The lowest BCUT2D eigenvalue weighted by molar-refractivity contribution is -0.134. The van der Waals surface area contributed by atoms with E-state index in [0.29, 0.717) is 36.5 Å². The number of nitrogens with zero attached hydrogens (tertiary/aromatic N) is 4. The predicted molar refractivity (Wildman–Crippen MR) is 93.8 cm³/mol. The van der Waals surface area contributed by atoms with Crippen molar-refractivity contribution in [2.45, 2.75) is 24.3 Å². The van der Waals surface area contributed by atoms with Gasteiger partial charge in [0.25, 0.3) is 0 Å². The van der Waals surface area contributed by atoms with Gasteiger partial charge in [0, 0.05) is 18.1 Å². The Hall–Kier alpha value is -1.57. The molecule has 2 aromatic rings.